The number of benzene rings is 1. The van der Waals surface area contributed by atoms with Crippen LogP contribution in [0.3, 0.4) is 0 Å². The molecule has 1 aromatic carbocycles. The number of aromatic nitrogens is 1. The first-order valence-electron chi connectivity index (χ1n) is 6.45. The van der Waals surface area contributed by atoms with Crippen molar-refractivity contribution in [2.24, 2.45) is 0 Å². The van der Waals surface area contributed by atoms with Gasteiger partial charge in [0.25, 0.3) is 0 Å². The number of nitrogens with zero attached hydrogens (tertiary/aromatic N) is 1. The summed E-state index contributed by atoms with van der Waals surface area (Å²) in [4.78, 5) is 27.1. The van der Waals surface area contributed by atoms with Gasteiger partial charge >= 0.3 is 5.97 Å². The molecule has 0 atom stereocenters. The lowest BCUT2D eigenvalue weighted by atomic mass is 10.3. The van der Waals surface area contributed by atoms with Crippen LogP contribution in [0.25, 0.3) is 0 Å². The molecule has 0 bridgehead atoms. The highest BCUT2D eigenvalue weighted by atomic mass is 35.5. The minimum absolute atomic E-state index is 0.00479. The van der Waals surface area contributed by atoms with E-state index >= 15 is 0 Å². The number of carbonyl (C=O) groups excluding carboxylic acids is 1. The van der Waals surface area contributed by atoms with Gasteiger partial charge in [-0.05, 0) is 24.3 Å². The molecule has 0 aliphatic heterocycles. The number of nitrogens with one attached hydrogen (secondary N) is 1. The molecule has 0 spiro atoms. The molecular formula is C15H13ClN2O4S. The topological polar surface area (TPSA) is 88.5 Å². The van der Waals surface area contributed by atoms with Crippen molar-refractivity contribution in [1.29, 1.82) is 0 Å². The van der Waals surface area contributed by atoms with E-state index in [1.165, 1.54) is 25.4 Å². The summed E-state index contributed by atoms with van der Waals surface area (Å²) < 4.78 is 5.07. The summed E-state index contributed by atoms with van der Waals surface area (Å²) in [5.41, 5.74) is 0.487. The molecule has 1 aromatic heterocycles. The Labute approximate surface area is 141 Å². The molecule has 1 amide bonds. The average molecular weight is 353 g/mol. The van der Waals surface area contributed by atoms with E-state index in [2.05, 4.69) is 10.3 Å². The molecule has 0 radical (unpaired) electrons. The second-order valence-corrected chi connectivity index (χ2v) is 5.72. The quantitative estimate of drug-likeness (QED) is 0.776. The number of carboxylic acid groups (broad SMARTS) is 1. The summed E-state index contributed by atoms with van der Waals surface area (Å²) in [6.07, 6.45) is 1.48. The summed E-state index contributed by atoms with van der Waals surface area (Å²) in [5, 5.41) is 12.4. The highest BCUT2D eigenvalue weighted by Gasteiger charge is 2.13. The number of thioether (sulfide) groups is 1. The molecule has 8 heteroatoms. The molecular weight excluding hydrogens is 340 g/mol. The predicted octanol–water partition coefficient (Wildman–Crippen LogP) is 3.17. The third kappa shape index (κ3) is 4.61. The molecule has 0 aliphatic rings. The van der Waals surface area contributed by atoms with Gasteiger partial charge in [0.2, 0.25) is 5.91 Å². The molecule has 0 saturated heterocycles. The van der Waals surface area contributed by atoms with Gasteiger partial charge in [0, 0.05) is 12.3 Å². The molecule has 2 rings (SSSR count). The fourth-order valence-corrected chi connectivity index (χ4v) is 2.67. The van der Waals surface area contributed by atoms with E-state index in [4.69, 9.17) is 21.4 Å². The molecule has 0 aliphatic carbocycles. The Hall–Kier alpha value is -2.25. The third-order valence-electron chi connectivity index (χ3n) is 2.79. The minimum Gasteiger partial charge on any atom is -0.497 e. The van der Waals surface area contributed by atoms with E-state index in [1.807, 2.05) is 0 Å². The van der Waals surface area contributed by atoms with E-state index in [0.717, 1.165) is 11.8 Å². The molecule has 0 saturated carbocycles. The van der Waals surface area contributed by atoms with E-state index in [0.29, 0.717) is 16.5 Å². The second kappa shape index (κ2) is 7.85. The van der Waals surface area contributed by atoms with Crippen molar-refractivity contribution in [3.63, 3.8) is 0 Å². The molecule has 23 heavy (non-hydrogen) atoms. The van der Waals surface area contributed by atoms with Gasteiger partial charge < -0.3 is 15.2 Å². The number of hydrogen-bond acceptors (Lipinski definition) is 5. The lowest BCUT2D eigenvalue weighted by Gasteiger charge is -2.09. The number of halogens is 1. The van der Waals surface area contributed by atoms with Crippen LogP contribution in [0.1, 0.15) is 10.4 Å². The van der Waals surface area contributed by atoms with Crippen molar-refractivity contribution in [3.8, 4) is 5.75 Å². The van der Waals surface area contributed by atoms with E-state index < -0.39 is 5.97 Å². The summed E-state index contributed by atoms with van der Waals surface area (Å²) in [6.45, 7) is 0. The number of ether oxygens (including phenoxy) is 1. The van der Waals surface area contributed by atoms with Crippen LogP contribution in [-0.4, -0.2) is 34.8 Å². The molecule has 0 unspecified atom stereocenters. The number of amides is 1. The average Bonchev–Trinajstić information content (AvgIpc) is 2.55. The van der Waals surface area contributed by atoms with Gasteiger partial charge in [0.15, 0.2) is 0 Å². The second-order valence-electron chi connectivity index (χ2n) is 4.34. The largest absolute Gasteiger partial charge is 0.497 e. The maximum Gasteiger partial charge on any atom is 0.338 e. The van der Waals surface area contributed by atoms with E-state index in [-0.39, 0.29) is 22.2 Å². The van der Waals surface area contributed by atoms with Gasteiger partial charge in [0.05, 0.1) is 29.1 Å². The Kier molecular flexibility index (Phi) is 5.84. The van der Waals surface area contributed by atoms with Gasteiger partial charge in [-0.25, -0.2) is 9.78 Å². The molecule has 0 fully saturated rings. The van der Waals surface area contributed by atoms with Gasteiger partial charge in [-0.2, -0.15) is 0 Å². The number of methoxy groups -OCH3 is 1. The van der Waals surface area contributed by atoms with Gasteiger partial charge in [-0.15, -0.1) is 0 Å². The lowest BCUT2D eigenvalue weighted by Crippen LogP contribution is -2.15. The van der Waals surface area contributed by atoms with Crippen LogP contribution >= 0.6 is 23.4 Å². The Bertz CT molecular complexity index is 739. The fraction of sp³-hybridized carbons (Fsp3) is 0.133. The number of anilines is 1. The lowest BCUT2D eigenvalue weighted by molar-refractivity contribution is -0.113. The minimum atomic E-state index is -1.09. The monoisotopic (exact) mass is 352 g/mol. The molecule has 1 heterocycles. The standard InChI is InChI=1S/C15H13ClN2O4S/c1-22-9-4-5-11(16)12(7-9)18-13(19)8-23-14-10(15(20)21)3-2-6-17-14/h2-7H,8H2,1H3,(H,18,19)(H,20,21). The first-order valence-corrected chi connectivity index (χ1v) is 7.82. The molecule has 6 nitrogen and oxygen atoms in total. The summed E-state index contributed by atoms with van der Waals surface area (Å²) in [6, 6.07) is 7.87. The Morgan fingerprint density at radius 1 is 1.39 bits per heavy atom. The number of carbonyl (C=O) groups is 2. The Balaban J connectivity index is 2.02. The SMILES string of the molecule is COc1ccc(Cl)c(NC(=O)CSc2ncccc2C(=O)O)c1. The van der Waals surface area contributed by atoms with Crippen LogP contribution in [0.15, 0.2) is 41.6 Å². The third-order valence-corrected chi connectivity index (χ3v) is 4.12. The van der Waals surface area contributed by atoms with Crippen LogP contribution < -0.4 is 10.1 Å². The van der Waals surface area contributed by atoms with E-state index in [1.54, 1.807) is 18.2 Å². The first kappa shape index (κ1) is 17.1. The highest BCUT2D eigenvalue weighted by molar-refractivity contribution is 8.00. The number of aromatic carboxylic acids is 1. The van der Waals surface area contributed by atoms with Crippen LogP contribution in [-0.2, 0) is 4.79 Å². The Morgan fingerprint density at radius 2 is 2.17 bits per heavy atom. The number of carboxylic acids is 1. The van der Waals surface area contributed by atoms with Gasteiger partial charge in [-0.1, -0.05) is 23.4 Å². The zero-order valence-electron chi connectivity index (χ0n) is 12.1. The van der Waals surface area contributed by atoms with Gasteiger partial charge in [0.1, 0.15) is 10.8 Å². The zero-order chi connectivity index (χ0) is 16.8. The number of pyridine rings is 1. The molecule has 2 N–H and O–H groups in total. The van der Waals surface area contributed by atoms with Crippen LogP contribution in [0, 0.1) is 0 Å². The highest BCUT2D eigenvalue weighted by Crippen LogP contribution is 2.27. The Morgan fingerprint density at radius 3 is 2.87 bits per heavy atom. The normalized spacial score (nSPS) is 10.2. The maximum absolute atomic E-state index is 12.0. The van der Waals surface area contributed by atoms with Crippen molar-refractivity contribution in [1.82, 2.24) is 4.98 Å². The number of rotatable bonds is 6. The summed E-state index contributed by atoms with van der Waals surface area (Å²) >= 11 is 7.05. The zero-order valence-corrected chi connectivity index (χ0v) is 13.6. The maximum atomic E-state index is 12.0. The van der Waals surface area contributed by atoms with Crippen LogP contribution in [0.2, 0.25) is 5.02 Å². The van der Waals surface area contributed by atoms with Crippen LogP contribution in [0.5, 0.6) is 5.75 Å². The smallest absolute Gasteiger partial charge is 0.338 e. The summed E-state index contributed by atoms with van der Waals surface area (Å²) in [5.74, 6) is -0.843. The molecule has 120 valence electrons. The molecule has 2 aromatic rings. The first-order chi connectivity index (χ1) is 11.0. The van der Waals surface area contributed by atoms with Crippen molar-refractivity contribution in [2.45, 2.75) is 5.03 Å². The van der Waals surface area contributed by atoms with Crippen LogP contribution in [0.4, 0.5) is 5.69 Å². The number of hydrogen-bond donors (Lipinski definition) is 2. The van der Waals surface area contributed by atoms with Crippen molar-refractivity contribution in [2.75, 3.05) is 18.2 Å². The predicted molar refractivity (Wildman–Crippen MR) is 88.6 cm³/mol. The van der Waals surface area contributed by atoms with Crippen molar-refractivity contribution >= 4 is 40.9 Å². The van der Waals surface area contributed by atoms with Gasteiger partial charge in [-0.3, -0.25) is 4.79 Å². The van der Waals surface area contributed by atoms with Crippen molar-refractivity contribution < 1.29 is 19.4 Å². The van der Waals surface area contributed by atoms with Crippen molar-refractivity contribution in [3.05, 3.63) is 47.1 Å². The fourth-order valence-electron chi connectivity index (χ4n) is 1.72. The van der Waals surface area contributed by atoms with E-state index in [9.17, 15) is 9.59 Å². The summed E-state index contributed by atoms with van der Waals surface area (Å²) in [7, 11) is 1.51.